The molecule has 3 amide bonds. The summed E-state index contributed by atoms with van der Waals surface area (Å²) in [6.07, 6.45) is 21.2. The number of hydrogen-bond donors (Lipinski definition) is 4. The lowest BCUT2D eigenvalue weighted by molar-refractivity contribution is -0.142. The Hall–Kier alpha value is -2.58. The van der Waals surface area contributed by atoms with Crippen LogP contribution in [0.5, 0.6) is 0 Å². The lowest BCUT2D eigenvalue weighted by Crippen LogP contribution is -2.45. The van der Waals surface area contributed by atoms with Crippen molar-refractivity contribution in [2.75, 3.05) is 13.1 Å². The van der Waals surface area contributed by atoms with Crippen LogP contribution in [0.1, 0.15) is 137 Å². The number of nitrogens with one attached hydrogen (secondary N) is 3. The van der Waals surface area contributed by atoms with Crippen LogP contribution in [0.2, 0.25) is 0 Å². The molecular formula is C31H57N3O6. The molecule has 0 fully saturated rings. The molecule has 0 aromatic heterocycles. The number of aliphatic carboxylic acids is 1. The van der Waals surface area contributed by atoms with Crippen LogP contribution >= 0.6 is 0 Å². The van der Waals surface area contributed by atoms with Gasteiger partial charge in [-0.3, -0.25) is 9.59 Å². The SMILES string of the molecule is CCCCCCCC/C=C/CCCCCCCC(=O)NCC(=O)N[C@@H](CCCCNC(=O)OC(C)(C)C)C(=O)O. The molecule has 0 spiro atoms. The van der Waals surface area contributed by atoms with Gasteiger partial charge in [0.2, 0.25) is 11.8 Å². The zero-order valence-corrected chi connectivity index (χ0v) is 25.7. The summed E-state index contributed by atoms with van der Waals surface area (Å²) >= 11 is 0. The number of carbonyl (C=O) groups excluding carboxylic acids is 3. The highest BCUT2D eigenvalue weighted by Gasteiger charge is 2.20. The number of carboxylic acids is 1. The van der Waals surface area contributed by atoms with Crippen molar-refractivity contribution < 1.29 is 29.0 Å². The van der Waals surface area contributed by atoms with Gasteiger partial charge < -0.3 is 25.8 Å². The van der Waals surface area contributed by atoms with E-state index in [4.69, 9.17) is 4.74 Å². The lowest BCUT2D eigenvalue weighted by Gasteiger charge is -2.19. The minimum Gasteiger partial charge on any atom is -0.480 e. The Balaban J connectivity index is 3.79. The highest BCUT2D eigenvalue weighted by Crippen LogP contribution is 2.10. The number of alkyl carbamates (subject to hydrolysis) is 1. The van der Waals surface area contributed by atoms with Gasteiger partial charge in [-0.25, -0.2) is 9.59 Å². The second kappa shape index (κ2) is 24.2. The molecular weight excluding hydrogens is 510 g/mol. The number of allylic oxidation sites excluding steroid dienone is 2. The molecule has 0 aliphatic rings. The van der Waals surface area contributed by atoms with Gasteiger partial charge in [-0.2, -0.15) is 0 Å². The largest absolute Gasteiger partial charge is 0.480 e. The van der Waals surface area contributed by atoms with E-state index < -0.39 is 29.6 Å². The Morgan fingerprint density at radius 2 is 1.32 bits per heavy atom. The fourth-order valence-electron chi connectivity index (χ4n) is 4.10. The molecule has 4 N–H and O–H groups in total. The molecule has 0 aromatic carbocycles. The Bertz CT molecular complexity index is 733. The van der Waals surface area contributed by atoms with Crippen LogP contribution in [-0.4, -0.2) is 53.7 Å². The van der Waals surface area contributed by atoms with E-state index in [1.54, 1.807) is 20.8 Å². The van der Waals surface area contributed by atoms with Crippen LogP contribution in [0.25, 0.3) is 0 Å². The van der Waals surface area contributed by atoms with Crippen molar-refractivity contribution in [2.45, 2.75) is 148 Å². The average Bonchev–Trinajstić information content (AvgIpc) is 2.87. The first-order valence-corrected chi connectivity index (χ1v) is 15.5. The monoisotopic (exact) mass is 567 g/mol. The van der Waals surface area contributed by atoms with Crippen LogP contribution in [0.3, 0.4) is 0 Å². The molecule has 0 aliphatic heterocycles. The first-order valence-electron chi connectivity index (χ1n) is 15.5. The summed E-state index contributed by atoms with van der Waals surface area (Å²) in [6, 6.07) is -1.05. The fourth-order valence-corrected chi connectivity index (χ4v) is 4.10. The van der Waals surface area contributed by atoms with Crippen LogP contribution in [0, 0.1) is 0 Å². The van der Waals surface area contributed by atoms with Crippen molar-refractivity contribution in [3.05, 3.63) is 12.2 Å². The molecule has 1 atom stereocenters. The number of ether oxygens (including phenoxy) is 1. The maximum atomic E-state index is 12.1. The zero-order chi connectivity index (χ0) is 30.1. The van der Waals surface area contributed by atoms with Crippen molar-refractivity contribution in [2.24, 2.45) is 0 Å². The third-order valence-electron chi connectivity index (χ3n) is 6.33. The van der Waals surface area contributed by atoms with E-state index in [1.807, 2.05) is 0 Å². The maximum Gasteiger partial charge on any atom is 0.407 e. The van der Waals surface area contributed by atoms with Crippen LogP contribution in [0.15, 0.2) is 12.2 Å². The molecule has 0 saturated carbocycles. The van der Waals surface area contributed by atoms with Crippen LogP contribution in [0.4, 0.5) is 4.79 Å². The predicted molar refractivity (Wildman–Crippen MR) is 160 cm³/mol. The van der Waals surface area contributed by atoms with Gasteiger partial charge in [-0.1, -0.05) is 70.4 Å². The van der Waals surface area contributed by atoms with Gasteiger partial charge in [-0.05, 0) is 72.1 Å². The van der Waals surface area contributed by atoms with Gasteiger partial charge in [0.15, 0.2) is 0 Å². The van der Waals surface area contributed by atoms with Gasteiger partial charge in [0.05, 0.1) is 6.54 Å². The standard InChI is InChI=1S/C31H57N3O6/c1-5-6-7-8-9-10-11-12-13-14-15-16-17-18-19-23-27(35)33-25-28(36)34-26(29(37)38)22-20-21-24-32-30(39)40-31(2,3)4/h12-13,26H,5-11,14-25H2,1-4H3,(H,32,39)(H,33,35)(H,34,36)(H,37,38)/b13-12+/t26-/m0/s1. The normalized spacial score (nSPS) is 12.2. The topological polar surface area (TPSA) is 134 Å². The number of amides is 3. The second-order valence-electron chi connectivity index (χ2n) is 11.5. The van der Waals surface area contributed by atoms with Crippen LogP contribution in [-0.2, 0) is 19.1 Å². The Kier molecular flexibility index (Phi) is 22.7. The Labute approximate surface area is 242 Å². The second-order valence-corrected chi connectivity index (χ2v) is 11.5. The summed E-state index contributed by atoms with van der Waals surface area (Å²) in [7, 11) is 0. The number of rotatable bonds is 24. The average molecular weight is 568 g/mol. The van der Waals surface area contributed by atoms with E-state index in [0.717, 1.165) is 32.1 Å². The number of hydrogen-bond acceptors (Lipinski definition) is 5. The lowest BCUT2D eigenvalue weighted by atomic mass is 10.1. The molecule has 0 aromatic rings. The Morgan fingerprint density at radius 3 is 1.90 bits per heavy atom. The van der Waals surface area contributed by atoms with Gasteiger partial charge in [-0.15, -0.1) is 0 Å². The molecule has 9 nitrogen and oxygen atoms in total. The molecule has 0 rings (SSSR count). The van der Waals surface area contributed by atoms with Gasteiger partial charge >= 0.3 is 12.1 Å². The number of unbranched alkanes of at least 4 members (excludes halogenated alkanes) is 12. The summed E-state index contributed by atoms with van der Waals surface area (Å²) in [5, 5.41) is 17.0. The highest BCUT2D eigenvalue weighted by atomic mass is 16.6. The third-order valence-corrected chi connectivity index (χ3v) is 6.33. The molecule has 9 heteroatoms. The molecule has 232 valence electrons. The minimum absolute atomic E-state index is 0.201. The summed E-state index contributed by atoms with van der Waals surface area (Å²) in [5.41, 5.74) is -0.581. The van der Waals surface area contributed by atoms with E-state index in [1.165, 1.54) is 51.4 Å². The molecule has 0 unspecified atom stereocenters. The third kappa shape index (κ3) is 25.7. The molecule has 0 saturated heterocycles. The number of carboxylic acid groups (broad SMARTS) is 1. The van der Waals surface area contributed by atoms with Crippen molar-refractivity contribution in [1.29, 1.82) is 0 Å². The van der Waals surface area contributed by atoms with E-state index in [2.05, 4.69) is 35.0 Å². The van der Waals surface area contributed by atoms with Crippen LogP contribution < -0.4 is 16.0 Å². The van der Waals surface area contributed by atoms with E-state index in [0.29, 0.717) is 25.8 Å². The fraction of sp³-hybridized carbons (Fsp3) is 0.806. The number of carbonyl (C=O) groups is 4. The van der Waals surface area contributed by atoms with E-state index in [9.17, 15) is 24.3 Å². The molecule has 0 bridgehead atoms. The highest BCUT2D eigenvalue weighted by molar-refractivity contribution is 5.87. The summed E-state index contributed by atoms with van der Waals surface area (Å²) in [4.78, 5) is 47.2. The zero-order valence-electron chi connectivity index (χ0n) is 25.7. The van der Waals surface area contributed by atoms with E-state index in [-0.39, 0.29) is 18.9 Å². The summed E-state index contributed by atoms with van der Waals surface area (Å²) in [5.74, 6) is -1.86. The Morgan fingerprint density at radius 1 is 0.750 bits per heavy atom. The quantitative estimate of drug-likeness (QED) is 0.0787. The summed E-state index contributed by atoms with van der Waals surface area (Å²) in [6.45, 7) is 7.67. The predicted octanol–water partition coefficient (Wildman–Crippen LogP) is 6.40. The smallest absolute Gasteiger partial charge is 0.407 e. The first kappa shape index (κ1) is 37.4. The molecule has 0 radical (unpaired) electrons. The van der Waals surface area contributed by atoms with Crippen molar-refractivity contribution >= 4 is 23.9 Å². The molecule has 0 aliphatic carbocycles. The van der Waals surface area contributed by atoms with Crippen molar-refractivity contribution in [3.8, 4) is 0 Å². The van der Waals surface area contributed by atoms with E-state index >= 15 is 0 Å². The first-order chi connectivity index (χ1) is 19.0. The minimum atomic E-state index is -1.13. The molecule has 0 heterocycles. The maximum absolute atomic E-state index is 12.1. The van der Waals surface area contributed by atoms with Crippen molar-refractivity contribution in [3.63, 3.8) is 0 Å². The summed E-state index contributed by atoms with van der Waals surface area (Å²) < 4.78 is 5.14. The van der Waals surface area contributed by atoms with Crippen molar-refractivity contribution in [1.82, 2.24) is 16.0 Å². The molecule has 40 heavy (non-hydrogen) atoms. The van der Waals surface area contributed by atoms with Gasteiger partial charge in [0.25, 0.3) is 0 Å². The van der Waals surface area contributed by atoms with Gasteiger partial charge in [0.1, 0.15) is 11.6 Å². The van der Waals surface area contributed by atoms with Gasteiger partial charge in [0, 0.05) is 13.0 Å².